The number of aromatic nitrogens is 1. The molecule has 1 fully saturated rings. The Hall–Kier alpha value is -2.11. The predicted octanol–water partition coefficient (Wildman–Crippen LogP) is 3.68. The molecule has 0 saturated heterocycles. The number of benzene rings is 1. The van der Waals surface area contributed by atoms with E-state index in [1.807, 2.05) is 0 Å². The molecule has 0 bridgehead atoms. The van der Waals surface area contributed by atoms with Crippen LogP contribution in [0.15, 0.2) is 29.3 Å². The number of nitrogens with one attached hydrogen (secondary N) is 2. The second-order valence-corrected chi connectivity index (χ2v) is 9.35. The van der Waals surface area contributed by atoms with Crippen LogP contribution in [0.25, 0.3) is 0 Å². The van der Waals surface area contributed by atoms with Crippen molar-refractivity contribution < 1.29 is 30.8 Å². The first-order valence-corrected chi connectivity index (χ1v) is 10.1. The number of alkyl halides is 2. The fraction of sp³-hybridized carbons (Fsp3) is 0.353. The maximum absolute atomic E-state index is 13.4. The van der Waals surface area contributed by atoms with Crippen LogP contribution in [0.5, 0.6) is 0 Å². The standard InChI is InChI=1S/C17H16ClF4N3O3S/c1-16(7-17(21,22)8-16)24-29(27,28)10-5-13(25(2)6-10)15(26)23-9-3-11(18)14(20)12(19)4-9/h3-6,24H,7-8H2,1-2H3,(H,23,26). The van der Waals surface area contributed by atoms with Crippen LogP contribution in [0.2, 0.25) is 5.02 Å². The van der Waals surface area contributed by atoms with Gasteiger partial charge in [-0.2, -0.15) is 0 Å². The van der Waals surface area contributed by atoms with Gasteiger partial charge in [0.1, 0.15) is 10.6 Å². The summed E-state index contributed by atoms with van der Waals surface area (Å²) < 4.78 is 81.4. The highest BCUT2D eigenvalue weighted by Crippen LogP contribution is 2.45. The molecule has 6 nitrogen and oxygen atoms in total. The van der Waals surface area contributed by atoms with Crippen molar-refractivity contribution in [3.63, 3.8) is 0 Å². The van der Waals surface area contributed by atoms with Gasteiger partial charge in [-0.3, -0.25) is 4.79 Å². The summed E-state index contributed by atoms with van der Waals surface area (Å²) in [6, 6.07) is 2.76. The lowest BCUT2D eigenvalue weighted by Crippen LogP contribution is -2.60. The molecule has 1 amide bonds. The smallest absolute Gasteiger partial charge is 0.272 e. The van der Waals surface area contributed by atoms with Gasteiger partial charge in [-0.15, -0.1) is 0 Å². The Labute approximate surface area is 168 Å². The molecule has 0 unspecified atom stereocenters. The molecule has 1 aromatic heterocycles. The number of rotatable bonds is 5. The van der Waals surface area contributed by atoms with Gasteiger partial charge >= 0.3 is 0 Å². The van der Waals surface area contributed by atoms with Crippen LogP contribution in [0.3, 0.4) is 0 Å². The second kappa shape index (κ2) is 6.99. The van der Waals surface area contributed by atoms with E-state index in [2.05, 4.69) is 10.0 Å². The molecule has 0 spiro atoms. The Kier molecular flexibility index (Phi) is 5.21. The number of hydrogen-bond acceptors (Lipinski definition) is 3. The normalized spacial score (nSPS) is 17.6. The van der Waals surface area contributed by atoms with Gasteiger partial charge < -0.3 is 9.88 Å². The largest absolute Gasteiger partial charge is 0.345 e. The van der Waals surface area contributed by atoms with E-state index < -0.39 is 56.9 Å². The van der Waals surface area contributed by atoms with Crippen molar-refractivity contribution in [2.45, 2.75) is 36.1 Å². The van der Waals surface area contributed by atoms with Crippen LogP contribution in [0.4, 0.5) is 23.2 Å². The molecule has 158 valence electrons. The maximum atomic E-state index is 13.4. The van der Waals surface area contributed by atoms with E-state index in [9.17, 15) is 30.8 Å². The summed E-state index contributed by atoms with van der Waals surface area (Å²) in [4.78, 5) is 12.1. The third kappa shape index (κ3) is 4.41. The third-order valence-electron chi connectivity index (χ3n) is 4.44. The average molecular weight is 454 g/mol. The molecule has 1 aromatic carbocycles. The van der Waals surface area contributed by atoms with Gasteiger partial charge in [0.25, 0.3) is 11.8 Å². The highest BCUT2D eigenvalue weighted by Gasteiger charge is 2.55. The van der Waals surface area contributed by atoms with Crippen LogP contribution < -0.4 is 10.0 Å². The van der Waals surface area contributed by atoms with Gasteiger partial charge in [-0.1, -0.05) is 11.6 Å². The molecule has 1 saturated carbocycles. The van der Waals surface area contributed by atoms with Crippen molar-refractivity contribution >= 4 is 33.2 Å². The summed E-state index contributed by atoms with van der Waals surface area (Å²) in [7, 11) is -2.78. The molecule has 3 rings (SSSR count). The van der Waals surface area contributed by atoms with Gasteiger partial charge in [0.15, 0.2) is 11.6 Å². The highest BCUT2D eigenvalue weighted by molar-refractivity contribution is 7.89. The van der Waals surface area contributed by atoms with Gasteiger partial charge in [-0.05, 0) is 19.1 Å². The fourth-order valence-corrected chi connectivity index (χ4v) is 4.96. The Bertz CT molecular complexity index is 1070. The number of nitrogens with zero attached hydrogens (tertiary/aromatic N) is 1. The Morgan fingerprint density at radius 1 is 1.21 bits per heavy atom. The number of anilines is 1. The summed E-state index contributed by atoms with van der Waals surface area (Å²) in [6.07, 6.45) is -0.123. The summed E-state index contributed by atoms with van der Waals surface area (Å²) in [5.74, 6) is -6.27. The van der Waals surface area contributed by atoms with Gasteiger partial charge in [0, 0.05) is 43.4 Å². The molecule has 1 aliphatic rings. The van der Waals surface area contributed by atoms with Gasteiger partial charge in [-0.25, -0.2) is 30.7 Å². The zero-order valence-electron chi connectivity index (χ0n) is 15.2. The number of halogens is 5. The van der Waals surface area contributed by atoms with E-state index in [1.54, 1.807) is 0 Å². The van der Waals surface area contributed by atoms with Gasteiger partial charge in [0.2, 0.25) is 10.0 Å². The fourth-order valence-electron chi connectivity index (χ4n) is 3.28. The topological polar surface area (TPSA) is 80.2 Å². The number of sulfonamides is 1. The number of carbonyl (C=O) groups excluding carboxylic acids is 1. The van der Waals surface area contributed by atoms with Crippen LogP contribution in [-0.2, 0) is 17.1 Å². The van der Waals surface area contributed by atoms with Crippen LogP contribution in [0, 0.1) is 11.6 Å². The first-order valence-electron chi connectivity index (χ1n) is 8.25. The lowest BCUT2D eigenvalue weighted by molar-refractivity contribution is -0.121. The van der Waals surface area contributed by atoms with E-state index >= 15 is 0 Å². The van der Waals surface area contributed by atoms with Crippen molar-refractivity contribution in [3.8, 4) is 0 Å². The minimum atomic E-state index is -4.17. The molecule has 0 atom stereocenters. The van der Waals surface area contributed by atoms with E-state index in [0.29, 0.717) is 0 Å². The zero-order chi connectivity index (χ0) is 21.8. The summed E-state index contributed by atoms with van der Waals surface area (Å²) in [5, 5.41) is 1.75. The van der Waals surface area contributed by atoms with Crippen molar-refractivity contribution in [3.05, 3.63) is 46.7 Å². The predicted molar refractivity (Wildman–Crippen MR) is 97.6 cm³/mol. The summed E-state index contributed by atoms with van der Waals surface area (Å²) in [5.41, 5.74) is -1.54. The molecule has 0 aliphatic heterocycles. The van der Waals surface area contributed by atoms with Crippen molar-refractivity contribution in [2.75, 3.05) is 5.32 Å². The zero-order valence-corrected chi connectivity index (χ0v) is 16.8. The molecular formula is C17H16ClF4N3O3S. The molecule has 12 heteroatoms. The molecule has 2 aromatic rings. The van der Waals surface area contributed by atoms with E-state index in [1.165, 1.54) is 18.5 Å². The second-order valence-electron chi connectivity index (χ2n) is 7.26. The Balaban J connectivity index is 1.80. The molecule has 29 heavy (non-hydrogen) atoms. The average Bonchev–Trinajstić information content (AvgIpc) is 2.92. The molecule has 1 aliphatic carbocycles. The molecule has 1 heterocycles. The minimum Gasteiger partial charge on any atom is -0.345 e. The molecule has 0 radical (unpaired) electrons. The Morgan fingerprint density at radius 3 is 2.38 bits per heavy atom. The maximum Gasteiger partial charge on any atom is 0.272 e. The van der Waals surface area contributed by atoms with E-state index in [4.69, 9.17) is 11.6 Å². The van der Waals surface area contributed by atoms with Crippen LogP contribution in [-0.4, -0.2) is 30.4 Å². The summed E-state index contributed by atoms with van der Waals surface area (Å²) in [6.45, 7) is 1.37. The highest BCUT2D eigenvalue weighted by atomic mass is 35.5. The van der Waals surface area contributed by atoms with Gasteiger partial charge in [0.05, 0.1) is 5.02 Å². The minimum absolute atomic E-state index is 0.115. The monoisotopic (exact) mass is 453 g/mol. The first-order chi connectivity index (χ1) is 13.2. The lowest BCUT2D eigenvalue weighted by Gasteiger charge is -2.44. The van der Waals surface area contributed by atoms with E-state index in [-0.39, 0.29) is 16.3 Å². The van der Waals surface area contributed by atoms with Crippen molar-refractivity contribution in [1.82, 2.24) is 9.29 Å². The quantitative estimate of drug-likeness (QED) is 0.535. The van der Waals surface area contributed by atoms with Crippen molar-refractivity contribution in [2.24, 2.45) is 7.05 Å². The lowest BCUT2D eigenvalue weighted by atomic mass is 9.76. The van der Waals surface area contributed by atoms with Crippen LogP contribution in [0.1, 0.15) is 30.3 Å². The number of amides is 1. The molecule has 2 N–H and O–H groups in total. The SMILES string of the molecule is Cn1cc(S(=O)(=O)NC2(C)CC(F)(F)C2)cc1C(=O)Nc1cc(F)c(F)c(Cl)c1. The number of carbonyl (C=O) groups is 1. The Morgan fingerprint density at radius 2 is 1.83 bits per heavy atom. The molecular weight excluding hydrogens is 438 g/mol. The first kappa shape index (κ1) is 21.6. The van der Waals surface area contributed by atoms with Crippen molar-refractivity contribution in [1.29, 1.82) is 0 Å². The number of aryl methyl sites for hydroxylation is 1. The third-order valence-corrected chi connectivity index (χ3v) is 6.32. The van der Waals surface area contributed by atoms with E-state index in [0.717, 1.165) is 24.4 Å². The van der Waals surface area contributed by atoms with Crippen LogP contribution >= 0.6 is 11.6 Å². The number of hydrogen-bond donors (Lipinski definition) is 2. The summed E-state index contributed by atoms with van der Waals surface area (Å²) >= 11 is 5.53.